The van der Waals surface area contributed by atoms with Gasteiger partial charge in [-0.05, 0) is 17.7 Å². The van der Waals surface area contributed by atoms with Crippen molar-refractivity contribution in [2.24, 2.45) is 0 Å². The molecule has 3 rings (SSSR count). The molecule has 1 aliphatic rings. The number of amides is 1. The van der Waals surface area contributed by atoms with E-state index in [9.17, 15) is 23.1 Å². The molecule has 0 bridgehead atoms. The highest BCUT2D eigenvalue weighted by molar-refractivity contribution is 6.30. The van der Waals surface area contributed by atoms with Gasteiger partial charge in [-0.25, -0.2) is 0 Å². The van der Waals surface area contributed by atoms with Crippen molar-refractivity contribution in [2.75, 3.05) is 5.32 Å². The third-order valence-electron chi connectivity index (χ3n) is 4.12. The summed E-state index contributed by atoms with van der Waals surface area (Å²) in [6.07, 6.45) is -6.13. The SMILES string of the molecule is CC(c1cccc(Cl)c1)c1n[nH]c2c1C(O)(C(F)(F)F)CC(=O)N2. The van der Waals surface area contributed by atoms with E-state index >= 15 is 0 Å². The number of nitrogens with one attached hydrogen (secondary N) is 2. The first kappa shape index (κ1) is 16.8. The molecule has 2 heterocycles. The fraction of sp³-hybridized carbons (Fsp3) is 0.333. The van der Waals surface area contributed by atoms with Crippen molar-refractivity contribution in [3.63, 3.8) is 0 Å². The van der Waals surface area contributed by atoms with Crippen molar-refractivity contribution in [3.05, 3.63) is 46.1 Å². The molecule has 2 atom stereocenters. The molecule has 128 valence electrons. The predicted octanol–water partition coefficient (Wildman–Crippen LogP) is 3.31. The number of hydrogen-bond donors (Lipinski definition) is 3. The first-order valence-corrected chi connectivity index (χ1v) is 7.44. The van der Waals surface area contributed by atoms with Gasteiger partial charge < -0.3 is 10.4 Å². The molecular weight excluding hydrogens is 347 g/mol. The van der Waals surface area contributed by atoms with E-state index in [4.69, 9.17) is 11.6 Å². The Balaban J connectivity index is 2.15. The van der Waals surface area contributed by atoms with Crippen LogP contribution in [0.3, 0.4) is 0 Å². The number of halogens is 4. The van der Waals surface area contributed by atoms with E-state index in [1.807, 2.05) is 0 Å². The Morgan fingerprint density at radius 2 is 2.12 bits per heavy atom. The van der Waals surface area contributed by atoms with Crippen molar-refractivity contribution in [2.45, 2.75) is 31.0 Å². The average Bonchev–Trinajstić information content (AvgIpc) is 2.89. The molecule has 1 aliphatic heterocycles. The van der Waals surface area contributed by atoms with Crippen LogP contribution in [0.15, 0.2) is 24.3 Å². The first-order valence-electron chi connectivity index (χ1n) is 7.06. The van der Waals surface area contributed by atoms with Gasteiger partial charge in [0.2, 0.25) is 5.91 Å². The zero-order valence-electron chi connectivity index (χ0n) is 12.4. The number of aromatic amines is 1. The number of anilines is 1. The van der Waals surface area contributed by atoms with Crippen molar-refractivity contribution >= 4 is 23.3 Å². The standard InChI is InChI=1S/C15H13ClF3N3O2/c1-7(8-3-2-4-9(16)5-8)12-11-13(22-21-12)20-10(23)6-14(11,24)15(17,18)19/h2-5,7,24H,6H2,1H3,(H2,20,21,22,23). The maximum absolute atomic E-state index is 13.5. The van der Waals surface area contributed by atoms with Crippen LogP contribution in [0.25, 0.3) is 0 Å². The Labute approximate surface area is 139 Å². The Bertz CT molecular complexity index is 806. The summed E-state index contributed by atoms with van der Waals surface area (Å²) in [4.78, 5) is 11.5. The van der Waals surface area contributed by atoms with Crippen LogP contribution in [0.1, 0.15) is 36.1 Å². The molecule has 3 N–H and O–H groups in total. The van der Waals surface area contributed by atoms with Gasteiger partial charge in [-0.1, -0.05) is 30.7 Å². The predicted molar refractivity (Wildman–Crippen MR) is 80.8 cm³/mol. The molecule has 0 aliphatic carbocycles. The molecule has 1 amide bonds. The highest BCUT2D eigenvalue weighted by atomic mass is 35.5. The van der Waals surface area contributed by atoms with E-state index in [2.05, 4.69) is 15.5 Å². The van der Waals surface area contributed by atoms with Crippen molar-refractivity contribution in [1.29, 1.82) is 0 Å². The lowest BCUT2D eigenvalue weighted by Crippen LogP contribution is -2.48. The summed E-state index contributed by atoms with van der Waals surface area (Å²) in [5.41, 5.74) is -3.10. The van der Waals surface area contributed by atoms with Gasteiger partial charge >= 0.3 is 6.18 Å². The van der Waals surface area contributed by atoms with E-state index in [0.29, 0.717) is 10.6 Å². The molecule has 0 spiro atoms. The van der Waals surface area contributed by atoms with Crippen molar-refractivity contribution in [1.82, 2.24) is 10.2 Å². The van der Waals surface area contributed by atoms with E-state index < -0.39 is 35.6 Å². The van der Waals surface area contributed by atoms with Gasteiger partial charge in [0.05, 0.1) is 17.7 Å². The van der Waals surface area contributed by atoms with Gasteiger partial charge in [0.15, 0.2) is 5.60 Å². The molecule has 0 radical (unpaired) electrons. The van der Waals surface area contributed by atoms with E-state index in [1.54, 1.807) is 31.2 Å². The number of alkyl halides is 3. The molecule has 0 saturated heterocycles. The van der Waals surface area contributed by atoms with E-state index in [1.165, 1.54) is 0 Å². The summed E-state index contributed by atoms with van der Waals surface area (Å²) >= 11 is 5.93. The summed E-state index contributed by atoms with van der Waals surface area (Å²) in [6.45, 7) is 1.65. The second-order valence-corrected chi connectivity index (χ2v) is 6.15. The molecule has 5 nitrogen and oxygen atoms in total. The minimum atomic E-state index is -5.02. The summed E-state index contributed by atoms with van der Waals surface area (Å²) in [7, 11) is 0. The number of rotatable bonds is 2. The zero-order chi connectivity index (χ0) is 17.7. The second kappa shape index (κ2) is 5.49. The van der Waals surface area contributed by atoms with Crippen LogP contribution < -0.4 is 5.32 Å². The lowest BCUT2D eigenvalue weighted by Gasteiger charge is -2.34. The van der Waals surface area contributed by atoms with Crippen molar-refractivity contribution < 1.29 is 23.1 Å². The number of fused-ring (bicyclic) bond motifs is 1. The summed E-state index contributed by atoms with van der Waals surface area (Å²) in [5, 5.41) is 19.3. The number of aromatic nitrogens is 2. The van der Waals surface area contributed by atoms with Crippen LogP contribution in [0, 0.1) is 0 Å². The number of carbonyl (C=O) groups excluding carboxylic acids is 1. The van der Waals surface area contributed by atoms with Gasteiger partial charge in [-0.2, -0.15) is 18.3 Å². The molecule has 2 unspecified atom stereocenters. The third kappa shape index (κ3) is 2.55. The summed E-state index contributed by atoms with van der Waals surface area (Å²) < 4.78 is 40.4. The molecule has 1 aromatic heterocycles. The number of aliphatic hydroxyl groups is 1. The van der Waals surface area contributed by atoms with Gasteiger partial charge in [0.25, 0.3) is 0 Å². The quantitative estimate of drug-likeness (QED) is 0.769. The third-order valence-corrected chi connectivity index (χ3v) is 4.35. The average molecular weight is 360 g/mol. The highest BCUT2D eigenvalue weighted by Gasteiger charge is 2.60. The van der Waals surface area contributed by atoms with Gasteiger partial charge in [-0.15, -0.1) is 0 Å². The molecular formula is C15H13ClF3N3O2. The van der Waals surface area contributed by atoms with Crippen LogP contribution in [-0.4, -0.2) is 27.4 Å². The number of hydrogen-bond acceptors (Lipinski definition) is 3. The molecule has 2 aromatic rings. The van der Waals surface area contributed by atoms with Gasteiger partial charge in [0.1, 0.15) is 5.82 Å². The molecule has 1 aromatic carbocycles. The van der Waals surface area contributed by atoms with Crippen LogP contribution in [0.2, 0.25) is 5.02 Å². The number of nitrogens with zero attached hydrogens (tertiary/aromatic N) is 1. The number of carbonyl (C=O) groups is 1. The smallest absolute Gasteiger partial charge is 0.376 e. The number of benzene rings is 1. The Kier molecular flexibility index (Phi) is 3.84. The zero-order valence-corrected chi connectivity index (χ0v) is 13.2. The van der Waals surface area contributed by atoms with Crippen LogP contribution in [0.4, 0.5) is 19.0 Å². The Morgan fingerprint density at radius 3 is 2.75 bits per heavy atom. The number of H-pyrrole nitrogens is 1. The van der Waals surface area contributed by atoms with Crippen LogP contribution in [0.5, 0.6) is 0 Å². The fourth-order valence-electron chi connectivity index (χ4n) is 2.86. The van der Waals surface area contributed by atoms with Crippen LogP contribution >= 0.6 is 11.6 Å². The van der Waals surface area contributed by atoms with Crippen LogP contribution in [-0.2, 0) is 10.4 Å². The summed E-state index contributed by atoms with van der Waals surface area (Å²) in [5.74, 6) is -1.75. The minimum absolute atomic E-state index is 0.00657. The summed E-state index contributed by atoms with van der Waals surface area (Å²) in [6, 6.07) is 6.63. The maximum atomic E-state index is 13.5. The molecule has 0 saturated carbocycles. The van der Waals surface area contributed by atoms with E-state index in [0.717, 1.165) is 0 Å². The van der Waals surface area contributed by atoms with E-state index in [-0.39, 0.29) is 11.5 Å². The lowest BCUT2D eigenvalue weighted by molar-refractivity contribution is -0.267. The van der Waals surface area contributed by atoms with Gasteiger partial charge in [0, 0.05) is 10.9 Å². The minimum Gasteiger partial charge on any atom is -0.376 e. The second-order valence-electron chi connectivity index (χ2n) is 5.72. The molecule has 0 fully saturated rings. The normalized spacial score (nSPS) is 22.0. The lowest BCUT2D eigenvalue weighted by atomic mass is 9.82. The van der Waals surface area contributed by atoms with Gasteiger partial charge in [-0.3, -0.25) is 9.89 Å². The maximum Gasteiger partial charge on any atom is 0.422 e. The highest BCUT2D eigenvalue weighted by Crippen LogP contribution is 2.49. The first-order chi connectivity index (χ1) is 11.1. The monoisotopic (exact) mass is 359 g/mol. The topological polar surface area (TPSA) is 78.0 Å². The molecule has 9 heteroatoms. The fourth-order valence-corrected chi connectivity index (χ4v) is 3.06. The molecule has 24 heavy (non-hydrogen) atoms. The largest absolute Gasteiger partial charge is 0.422 e. The van der Waals surface area contributed by atoms with Crippen molar-refractivity contribution in [3.8, 4) is 0 Å². The Morgan fingerprint density at radius 1 is 1.42 bits per heavy atom. The Hall–Kier alpha value is -2.06.